The molecule has 0 fully saturated rings. The third-order valence-electron chi connectivity index (χ3n) is 3.66. The summed E-state index contributed by atoms with van der Waals surface area (Å²) in [5.74, 6) is 0.533. The Morgan fingerprint density at radius 3 is 2.81 bits per heavy atom. The molecule has 2 aromatic rings. The Hall–Kier alpha value is -2.63. The van der Waals surface area contributed by atoms with Crippen molar-refractivity contribution in [1.29, 1.82) is 0 Å². The first-order valence-electron chi connectivity index (χ1n) is 6.69. The maximum absolute atomic E-state index is 11.8. The lowest BCUT2D eigenvalue weighted by Gasteiger charge is -2.35. The number of carbonyl (C=O) groups excluding carboxylic acids is 1. The number of hydrogen-bond donors (Lipinski definition) is 1. The minimum Gasteiger partial charge on any atom is -0.481 e. The highest BCUT2D eigenvalue weighted by molar-refractivity contribution is 5.84. The van der Waals surface area contributed by atoms with E-state index in [9.17, 15) is 4.79 Å². The number of methoxy groups -OCH3 is 1. The highest BCUT2D eigenvalue weighted by atomic mass is 16.5. The number of fused-ring (bicyclic) bond motifs is 1. The molecule has 0 aliphatic carbocycles. The van der Waals surface area contributed by atoms with Gasteiger partial charge in [-0.05, 0) is 11.1 Å². The number of anilines is 1. The zero-order valence-corrected chi connectivity index (χ0v) is 11.7. The molecule has 0 saturated carbocycles. The normalized spacial score (nSPS) is 17.2. The predicted octanol–water partition coefficient (Wildman–Crippen LogP) is 0.902. The van der Waals surface area contributed by atoms with Crippen molar-refractivity contribution in [2.24, 2.45) is 5.73 Å². The van der Waals surface area contributed by atoms with Crippen LogP contribution in [0.3, 0.4) is 0 Å². The van der Waals surface area contributed by atoms with Gasteiger partial charge in [0.1, 0.15) is 6.04 Å². The Labute approximate surface area is 122 Å². The Bertz CT molecular complexity index is 674. The van der Waals surface area contributed by atoms with Gasteiger partial charge in [0, 0.05) is 25.2 Å². The van der Waals surface area contributed by atoms with Crippen LogP contribution in [0.2, 0.25) is 0 Å². The molecule has 6 nitrogen and oxygen atoms in total. The van der Waals surface area contributed by atoms with Gasteiger partial charge in [-0.3, -0.25) is 4.79 Å². The average molecular weight is 284 g/mol. The van der Waals surface area contributed by atoms with Gasteiger partial charge in [-0.1, -0.05) is 24.3 Å². The third kappa shape index (κ3) is 2.52. The molecular weight excluding hydrogens is 268 g/mol. The fraction of sp³-hybridized carbons (Fsp3) is 0.267. The van der Waals surface area contributed by atoms with E-state index in [1.54, 1.807) is 19.4 Å². The number of nitrogens with two attached hydrogens (primary N) is 1. The quantitative estimate of drug-likeness (QED) is 0.905. The summed E-state index contributed by atoms with van der Waals surface area (Å²) in [6.45, 7) is 0.553. The van der Waals surface area contributed by atoms with E-state index in [4.69, 9.17) is 10.5 Å². The average Bonchev–Trinajstić information content (AvgIpc) is 2.53. The van der Waals surface area contributed by atoms with E-state index in [-0.39, 0.29) is 5.91 Å². The van der Waals surface area contributed by atoms with E-state index in [2.05, 4.69) is 9.97 Å². The molecular formula is C15H16N4O2. The maximum Gasteiger partial charge on any atom is 0.240 e. The zero-order valence-electron chi connectivity index (χ0n) is 11.7. The van der Waals surface area contributed by atoms with Crippen LogP contribution < -0.4 is 15.4 Å². The molecule has 0 spiro atoms. The lowest BCUT2D eigenvalue weighted by atomic mass is 9.94. The number of carbonyl (C=O) groups is 1. The summed E-state index contributed by atoms with van der Waals surface area (Å²) >= 11 is 0. The van der Waals surface area contributed by atoms with E-state index < -0.39 is 6.04 Å². The van der Waals surface area contributed by atoms with Gasteiger partial charge >= 0.3 is 0 Å². The van der Waals surface area contributed by atoms with Crippen LogP contribution >= 0.6 is 0 Å². The summed E-state index contributed by atoms with van der Waals surface area (Å²) in [5, 5.41) is 0. The Kier molecular flexibility index (Phi) is 3.43. The number of aromatic nitrogens is 2. The highest BCUT2D eigenvalue weighted by Crippen LogP contribution is 2.26. The van der Waals surface area contributed by atoms with Gasteiger partial charge in [-0.2, -0.15) is 4.98 Å². The van der Waals surface area contributed by atoms with Crippen molar-refractivity contribution < 1.29 is 9.53 Å². The minimum absolute atomic E-state index is 0.379. The summed E-state index contributed by atoms with van der Waals surface area (Å²) in [5.41, 5.74) is 7.85. The standard InChI is InChI=1S/C15H16N4O2/c1-21-13-6-7-17-15(18-13)19-9-11-5-3-2-4-10(11)8-12(19)14(16)20/h2-7,12H,8-9H2,1H3,(H2,16,20)/t12-/m0/s1. The molecule has 3 rings (SSSR count). The van der Waals surface area contributed by atoms with Crippen molar-refractivity contribution in [1.82, 2.24) is 9.97 Å². The van der Waals surface area contributed by atoms with Crippen molar-refractivity contribution in [2.75, 3.05) is 12.0 Å². The fourth-order valence-electron chi connectivity index (χ4n) is 2.57. The molecule has 1 aromatic heterocycles. The summed E-state index contributed by atoms with van der Waals surface area (Å²) in [7, 11) is 1.54. The second kappa shape index (κ2) is 5.40. The third-order valence-corrected chi connectivity index (χ3v) is 3.66. The van der Waals surface area contributed by atoms with Crippen LogP contribution in [0.25, 0.3) is 0 Å². The molecule has 0 unspecified atom stereocenters. The van der Waals surface area contributed by atoms with Gasteiger partial charge in [0.2, 0.25) is 17.7 Å². The van der Waals surface area contributed by atoms with Crippen molar-refractivity contribution >= 4 is 11.9 Å². The summed E-state index contributed by atoms with van der Waals surface area (Å²) in [6, 6.07) is 9.23. The van der Waals surface area contributed by atoms with Crippen LogP contribution in [0, 0.1) is 0 Å². The summed E-state index contributed by atoms with van der Waals surface area (Å²) in [4.78, 5) is 22.2. The van der Waals surface area contributed by atoms with Crippen LogP contribution in [0.4, 0.5) is 5.95 Å². The van der Waals surface area contributed by atoms with Gasteiger partial charge < -0.3 is 15.4 Å². The summed E-state index contributed by atoms with van der Waals surface area (Å²) < 4.78 is 5.12. The van der Waals surface area contributed by atoms with E-state index >= 15 is 0 Å². The number of benzene rings is 1. The van der Waals surface area contributed by atoms with Gasteiger partial charge in [-0.15, -0.1) is 0 Å². The first kappa shape index (κ1) is 13.4. The lowest BCUT2D eigenvalue weighted by Crippen LogP contribution is -2.49. The lowest BCUT2D eigenvalue weighted by molar-refractivity contribution is -0.119. The fourth-order valence-corrected chi connectivity index (χ4v) is 2.57. The number of nitrogens with zero attached hydrogens (tertiary/aromatic N) is 3. The Morgan fingerprint density at radius 1 is 1.33 bits per heavy atom. The molecule has 0 saturated heterocycles. The molecule has 1 aliphatic heterocycles. The minimum atomic E-state index is -0.452. The number of ether oxygens (including phenoxy) is 1. The van der Waals surface area contributed by atoms with Crippen LogP contribution in [0.5, 0.6) is 5.88 Å². The second-order valence-electron chi connectivity index (χ2n) is 4.92. The smallest absolute Gasteiger partial charge is 0.240 e. The number of rotatable bonds is 3. The van der Waals surface area contributed by atoms with Gasteiger partial charge in [0.25, 0.3) is 0 Å². The van der Waals surface area contributed by atoms with Crippen molar-refractivity contribution in [3.05, 3.63) is 47.7 Å². The molecule has 1 aromatic carbocycles. The van der Waals surface area contributed by atoms with Crippen molar-refractivity contribution in [3.63, 3.8) is 0 Å². The highest BCUT2D eigenvalue weighted by Gasteiger charge is 2.31. The largest absolute Gasteiger partial charge is 0.481 e. The molecule has 108 valence electrons. The van der Waals surface area contributed by atoms with Crippen LogP contribution in [-0.2, 0) is 17.8 Å². The maximum atomic E-state index is 11.8. The first-order valence-corrected chi connectivity index (χ1v) is 6.69. The zero-order chi connectivity index (χ0) is 14.8. The van der Waals surface area contributed by atoms with Crippen LogP contribution in [0.1, 0.15) is 11.1 Å². The molecule has 1 amide bonds. The molecule has 0 radical (unpaired) electrons. The Balaban J connectivity index is 2.01. The number of amides is 1. The molecule has 1 atom stereocenters. The first-order chi connectivity index (χ1) is 10.2. The molecule has 0 bridgehead atoms. The topological polar surface area (TPSA) is 81.3 Å². The van der Waals surface area contributed by atoms with E-state index in [0.717, 1.165) is 11.1 Å². The SMILES string of the molecule is COc1ccnc(N2Cc3ccccc3C[C@H]2C(N)=O)n1. The van der Waals surface area contributed by atoms with Crippen molar-refractivity contribution in [3.8, 4) is 5.88 Å². The monoisotopic (exact) mass is 284 g/mol. The number of hydrogen-bond acceptors (Lipinski definition) is 5. The van der Waals surface area contributed by atoms with Crippen LogP contribution in [0.15, 0.2) is 36.5 Å². The van der Waals surface area contributed by atoms with E-state index in [0.29, 0.717) is 24.8 Å². The molecule has 6 heteroatoms. The van der Waals surface area contributed by atoms with Gasteiger partial charge in [0.05, 0.1) is 7.11 Å². The molecule has 21 heavy (non-hydrogen) atoms. The summed E-state index contributed by atoms with van der Waals surface area (Å²) in [6.07, 6.45) is 2.17. The molecule has 1 aliphatic rings. The molecule has 2 heterocycles. The van der Waals surface area contributed by atoms with E-state index in [1.165, 1.54) is 0 Å². The Morgan fingerprint density at radius 2 is 2.10 bits per heavy atom. The van der Waals surface area contributed by atoms with Crippen LogP contribution in [-0.4, -0.2) is 29.0 Å². The number of primary amides is 1. The second-order valence-corrected chi connectivity index (χ2v) is 4.92. The van der Waals surface area contributed by atoms with Crippen molar-refractivity contribution in [2.45, 2.75) is 19.0 Å². The van der Waals surface area contributed by atoms with Gasteiger partial charge in [-0.25, -0.2) is 4.98 Å². The van der Waals surface area contributed by atoms with E-state index in [1.807, 2.05) is 29.2 Å². The molecule has 2 N–H and O–H groups in total. The van der Waals surface area contributed by atoms with Gasteiger partial charge in [0.15, 0.2) is 0 Å². The predicted molar refractivity (Wildman–Crippen MR) is 77.9 cm³/mol.